The highest BCUT2D eigenvalue weighted by Crippen LogP contribution is 2.14. The molecule has 0 saturated carbocycles. The lowest BCUT2D eigenvalue weighted by Gasteiger charge is -2.24. The molecule has 1 amide bonds. The van der Waals surface area contributed by atoms with E-state index in [0.717, 1.165) is 5.56 Å². The number of carbonyl (C=O) groups excluding carboxylic acids is 1. The van der Waals surface area contributed by atoms with Crippen molar-refractivity contribution in [2.24, 2.45) is 0 Å². The van der Waals surface area contributed by atoms with Crippen LogP contribution in [0.4, 0.5) is 10.1 Å². The van der Waals surface area contributed by atoms with Crippen LogP contribution in [0.3, 0.4) is 0 Å². The summed E-state index contributed by atoms with van der Waals surface area (Å²) in [5.41, 5.74) is 2.55. The molecule has 116 valence electrons. The number of para-hydroxylation sites is 1. The van der Waals surface area contributed by atoms with Crippen LogP contribution in [0.25, 0.3) is 0 Å². The molecule has 2 aromatic rings. The third kappa shape index (κ3) is 4.15. The van der Waals surface area contributed by atoms with Gasteiger partial charge in [-0.2, -0.15) is 0 Å². The number of carbonyl (C=O) groups is 1. The lowest BCUT2D eigenvalue weighted by molar-refractivity contribution is -0.120. The van der Waals surface area contributed by atoms with Gasteiger partial charge in [0.25, 0.3) is 0 Å². The fourth-order valence-electron chi connectivity index (χ4n) is 2.12. The van der Waals surface area contributed by atoms with E-state index >= 15 is 0 Å². The molecule has 0 aromatic heterocycles. The van der Waals surface area contributed by atoms with Crippen molar-refractivity contribution in [1.29, 1.82) is 0 Å². The summed E-state index contributed by atoms with van der Waals surface area (Å²) in [6.07, 6.45) is 0. The molecule has 4 heteroatoms. The average molecular weight is 300 g/mol. The minimum atomic E-state index is -0.427. The number of halogens is 1. The molecule has 0 heterocycles. The maximum absolute atomic E-state index is 13.6. The number of nitrogens with zero attached hydrogens (tertiary/aromatic N) is 1. The van der Waals surface area contributed by atoms with Crippen LogP contribution in [-0.4, -0.2) is 23.9 Å². The smallest absolute Gasteiger partial charge is 0.241 e. The molecule has 0 saturated heterocycles. The highest BCUT2D eigenvalue weighted by Gasteiger charge is 2.19. The number of likely N-dealkylation sites (N-methyl/N-ethyl adjacent to an activating group) is 1. The SMILES string of the molecule is Cc1ccc(CN(C)[C@H](C)C(=O)Nc2ccccc2F)cc1. The van der Waals surface area contributed by atoms with E-state index in [2.05, 4.69) is 5.32 Å². The van der Waals surface area contributed by atoms with Crippen molar-refractivity contribution in [3.05, 3.63) is 65.5 Å². The quantitative estimate of drug-likeness (QED) is 0.915. The number of benzene rings is 2. The van der Waals surface area contributed by atoms with Crippen LogP contribution < -0.4 is 5.32 Å². The molecule has 2 rings (SSSR count). The van der Waals surface area contributed by atoms with E-state index < -0.39 is 5.82 Å². The van der Waals surface area contributed by atoms with Gasteiger partial charge in [-0.05, 0) is 38.6 Å². The van der Waals surface area contributed by atoms with Gasteiger partial charge in [0.15, 0.2) is 0 Å². The molecule has 0 radical (unpaired) electrons. The Morgan fingerprint density at radius 1 is 1.18 bits per heavy atom. The van der Waals surface area contributed by atoms with Gasteiger partial charge in [-0.3, -0.25) is 9.69 Å². The summed E-state index contributed by atoms with van der Waals surface area (Å²) in [5, 5.41) is 2.63. The zero-order valence-electron chi connectivity index (χ0n) is 13.1. The first-order valence-electron chi connectivity index (χ1n) is 7.28. The summed E-state index contributed by atoms with van der Waals surface area (Å²) >= 11 is 0. The van der Waals surface area contributed by atoms with Gasteiger partial charge < -0.3 is 5.32 Å². The number of amides is 1. The normalized spacial score (nSPS) is 12.2. The Labute approximate surface area is 130 Å². The molecule has 0 fully saturated rings. The topological polar surface area (TPSA) is 32.3 Å². The molecule has 3 nitrogen and oxygen atoms in total. The lowest BCUT2D eigenvalue weighted by Crippen LogP contribution is -2.39. The fourth-order valence-corrected chi connectivity index (χ4v) is 2.12. The van der Waals surface area contributed by atoms with E-state index in [1.807, 2.05) is 50.1 Å². The number of anilines is 1. The Morgan fingerprint density at radius 3 is 2.45 bits per heavy atom. The van der Waals surface area contributed by atoms with Crippen molar-refractivity contribution in [3.8, 4) is 0 Å². The van der Waals surface area contributed by atoms with Gasteiger partial charge in [0.2, 0.25) is 5.91 Å². The largest absolute Gasteiger partial charge is 0.322 e. The van der Waals surface area contributed by atoms with Crippen LogP contribution in [0, 0.1) is 12.7 Å². The predicted octanol–water partition coefficient (Wildman–Crippen LogP) is 3.59. The summed E-state index contributed by atoms with van der Waals surface area (Å²) < 4.78 is 13.6. The number of hydrogen-bond donors (Lipinski definition) is 1. The zero-order chi connectivity index (χ0) is 16.1. The summed E-state index contributed by atoms with van der Waals surface area (Å²) in [7, 11) is 1.88. The van der Waals surface area contributed by atoms with Crippen LogP contribution in [0.15, 0.2) is 48.5 Å². The molecule has 0 spiro atoms. The second-order valence-corrected chi connectivity index (χ2v) is 5.55. The summed E-state index contributed by atoms with van der Waals surface area (Å²) in [6.45, 7) is 4.51. The fraction of sp³-hybridized carbons (Fsp3) is 0.278. The molecule has 0 aliphatic carbocycles. The van der Waals surface area contributed by atoms with Crippen molar-refractivity contribution in [3.63, 3.8) is 0 Å². The first kappa shape index (κ1) is 16.2. The van der Waals surface area contributed by atoms with Crippen molar-refractivity contribution in [2.45, 2.75) is 26.4 Å². The summed E-state index contributed by atoms with van der Waals surface area (Å²) in [5.74, 6) is -0.649. The molecule has 0 aliphatic rings. The Bertz CT molecular complexity index is 640. The second kappa shape index (κ2) is 7.18. The minimum absolute atomic E-state index is 0.211. The van der Waals surface area contributed by atoms with Crippen LogP contribution in [0.5, 0.6) is 0 Å². The van der Waals surface area contributed by atoms with E-state index in [4.69, 9.17) is 0 Å². The van der Waals surface area contributed by atoms with E-state index in [0.29, 0.717) is 6.54 Å². The van der Waals surface area contributed by atoms with Gasteiger partial charge in [-0.1, -0.05) is 42.0 Å². The van der Waals surface area contributed by atoms with Gasteiger partial charge in [-0.25, -0.2) is 4.39 Å². The summed E-state index contributed by atoms with van der Waals surface area (Å²) in [4.78, 5) is 14.2. The third-order valence-electron chi connectivity index (χ3n) is 3.72. The molecular formula is C18H21FN2O. The van der Waals surface area contributed by atoms with E-state index in [1.165, 1.54) is 11.6 Å². The molecule has 0 aliphatic heterocycles. The standard InChI is InChI=1S/C18H21FN2O/c1-13-8-10-15(11-9-13)12-21(3)14(2)18(22)20-17-7-5-4-6-16(17)19/h4-11,14H,12H2,1-3H3,(H,20,22)/t14-/m1/s1. The number of hydrogen-bond acceptors (Lipinski definition) is 2. The number of rotatable bonds is 5. The predicted molar refractivity (Wildman–Crippen MR) is 87.1 cm³/mol. The highest BCUT2D eigenvalue weighted by molar-refractivity contribution is 5.94. The number of nitrogens with one attached hydrogen (secondary N) is 1. The van der Waals surface area contributed by atoms with Gasteiger partial charge in [-0.15, -0.1) is 0 Å². The van der Waals surface area contributed by atoms with Crippen molar-refractivity contribution < 1.29 is 9.18 Å². The molecule has 0 bridgehead atoms. The van der Waals surface area contributed by atoms with E-state index in [9.17, 15) is 9.18 Å². The number of aryl methyl sites for hydroxylation is 1. The van der Waals surface area contributed by atoms with Gasteiger partial charge in [0.05, 0.1) is 11.7 Å². The first-order chi connectivity index (χ1) is 10.5. The van der Waals surface area contributed by atoms with Crippen molar-refractivity contribution in [2.75, 3.05) is 12.4 Å². The zero-order valence-corrected chi connectivity index (χ0v) is 13.1. The maximum atomic E-state index is 13.6. The molecule has 2 aromatic carbocycles. The summed E-state index contributed by atoms with van der Waals surface area (Å²) in [6, 6.07) is 14.0. The maximum Gasteiger partial charge on any atom is 0.241 e. The Morgan fingerprint density at radius 2 is 1.82 bits per heavy atom. The Hall–Kier alpha value is -2.20. The van der Waals surface area contributed by atoms with Gasteiger partial charge in [0.1, 0.15) is 5.82 Å². The van der Waals surface area contributed by atoms with Gasteiger partial charge >= 0.3 is 0 Å². The molecular weight excluding hydrogens is 279 g/mol. The minimum Gasteiger partial charge on any atom is -0.322 e. The lowest BCUT2D eigenvalue weighted by atomic mass is 10.1. The first-order valence-corrected chi connectivity index (χ1v) is 7.28. The third-order valence-corrected chi connectivity index (χ3v) is 3.72. The monoisotopic (exact) mass is 300 g/mol. The Kier molecular flexibility index (Phi) is 5.28. The molecule has 1 atom stereocenters. The van der Waals surface area contributed by atoms with Crippen molar-refractivity contribution >= 4 is 11.6 Å². The van der Waals surface area contributed by atoms with E-state index in [-0.39, 0.29) is 17.6 Å². The van der Waals surface area contributed by atoms with E-state index in [1.54, 1.807) is 18.2 Å². The van der Waals surface area contributed by atoms with Gasteiger partial charge in [0, 0.05) is 6.54 Å². The molecule has 22 heavy (non-hydrogen) atoms. The van der Waals surface area contributed by atoms with Crippen LogP contribution in [-0.2, 0) is 11.3 Å². The van der Waals surface area contributed by atoms with Crippen LogP contribution in [0.1, 0.15) is 18.1 Å². The van der Waals surface area contributed by atoms with Crippen LogP contribution >= 0.6 is 0 Å². The molecule has 0 unspecified atom stereocenters. The molecule has 1 N–H and O–H groups in total. The Balaban J connectivity index is 1.97. The van der Waals surface area contributed by atoms with Crippen molar-refractivity contribution in [1.82, 2.24) is 4.90 Å². The van der Waals surface area contributed by atoms with Crippen LogP contribution in [0.2, 0.25) is 0 Å². The second-order valence-electron chi connectivity index (χ2n) is 5.55. The average Bonchev–Trinajstić information content (AvgIpc) is 2.51. The highest BCUT2D eigenvalue weighted by atomic mass is 19.1.